The number of hydrogen-bond acceptors (Lipinski definition) is 3. The van der Waals surface area contributed by atoms with Crippen LogP contribution in [-0.2, 0) is 17.6 Å². The molecule has 0 heterocycles. The Morgan fingerprint density at radius 2 is 1.73 bits per heavy atom. The van der Waals surface area contributed by atoms with Crippen LogP contribution < -0.4 is 10.1 Å². The summed E-state index contributed by atoms with van der Waals surface area (Å²) in [5.41, 5.74) is 2.60. The number of nitrogens with zero attached hydrogens (tertiary/aromatic N) is 1. The van der Waals surface area contributed by atoms with Crippen molar-refractivity contribution in [3.05, 3.63) is 59.7 Å². The quantitative estimate of drug-likeness (QED) is 0.888. The fourth-order valence-electron chi connectivity index (χ4n) is 2.06. The van der Waals surface area contributed by atoms with Crippen LogP contribution in [0, 0.1) is 11.3 Å². The molecular weight excluding hydrogens is 276 g/mol. The van der Waals surface area contributed by atoms with Crippen LogP contribution in [0.2, 0.25) is 0 Å². The van der Waals surface area contributed by atoms with E-state index in [2.05, 4.69) is 11.4 Å². The third kappa shape index (κ3) is 4.64. The molecule has 2 aromatic rings. The van der Waals surface area contributed by atoms with Crippen LogP contribution in [0.4, 0.5) is 5.69 Å². The maximum absolute atomic E-state index is 12.0. The van der Waals surface area contributed by atoms with Crippen molar-refractivity contribution < 1.29 is 9.53 Å². The number of carbonyl (C=O) groups excluding carboxylic acids is 1. The molecule has 4 nitrogen and oxygen atoms in total. The summed E-state index contributed by atoms with van der Waals surface area (Å²) < 4.78 is 5.37. The first-order valence-electron chi connectivity index (χ1n) is 7.18. The lowest BCUT2D eigenvalue weighted by Crippen LogP contribution is -2.14. The number of nitriles is 1. The van der Waals surface area contributed by atoms with Crippen molar-refractivity contribution >= 4 is 11.6 Å². The molecule has 1 N–H and O–H groups in total. The van der Waals surface area contributed by atoms with E-state index < -0.39 is 0 Å². The van der Waals surface area contributed by atoms with E-state index >= 15 is 0 Å². The number of nitrogens with one attached hydrogen (secondary N) is 1. The average molecular weight is 294 g/mol. The molecule has 4 heteroatoms. The summed E-state index contributed by atoms with van der Waals surface area (Å²) in [6, 6.07) is 16.9. The fraction of sp³-hybridized carbons (Fsp3) is 0.222. The van der Waals surface area contributed by atoms with Crippen LogP contribution >= 0.6 is 0 Å². The summed E-state index contributed by atoms with van der Waals surface area (Å²) in [5.74, 6) is 0.733. The molecular formula is C18H18N2O2. The molecule has 0 bridgehead atoms. The second kappa shape index (κ2) is 7.84. The Morgan fingerprint density at radius 3 is 2.32 bits per heavy atom. The zero-order chi connectivity index (χ0) is 15.8. The third-order valence-electron chi connectivity index (χ3n) is 3.12. The Bertz CT molecular complexity index is 655. The molecule has 0 unspecified atom stereocenters. The van der Waals surface area contributed by atoms with E-state index in [4.69, 9.17) is 10.00 Å². The van der Waals surface area contributed by atoms with Crippen LogP contribution in [0.5, 0.6) is 5.75 Å². The van der Waals surface area contributed by atoms with Gasteiger partial charge in [-0.3, -0.25) is 4.79 Å². The molecule has 22 heavy (non-hydrogen) atoms. The molecule has 0 aliphatic heterocycles. The zero-order valence-electron chi connectivity index (χ0n) is 12.5. The van der Waals surface area contributed by atoms with E-state index in [-0.39, 0.29) is 5.91 Å². The van der Waals surface area contributed by atoms with Gasteiger partial charge in [0.05, 0.1) is 25.5 Å². The minimum atomic E-state index is -0.0720. The van der Waals surface area contributed by atoms with Gasteiger partial charge in [-0.1, -0.05) is 24.3 Å². The summed E-state index contributed by atoms with van der Waals surface area (Å²) in [7, 11) is 0. The van der Waals surface area contributed by atoms with E-state index in [0.29, 0.717) is 19.4 Å². The molecule has 0 saturated carbocycles. The zero-order valence-corrected chi connectivity index (χ0v) is 12.5. The van der Waals surface area contributed by atoms with Gasteiger partial charge in [-0.25, -0.2) is 0 Å². The molecule has 0 fully saturated rings. The lowest BCUT2D eigenvalue weighted by Gasteiger charge is -2.07. The highest BCUT2D eigenvalue weighted by molar-refractivity contribution is 5.92. The number of anilines is 1. The van der Waals surface area contributed by atoms with E-state index in [1.165, 1.54) is 0 Å². The average Bonchev–Trinajstić information content (AvgIpc) is 2.52. The highest BCUT2D eigenvalue weighted by Crippen LogP contribution is 2.14. The number of rotatable bonds is 6. The first-order valence-corrected chi connectivity index (χ1v) is 7.18. The van der Waals surface area contributed by atoms with Crippen molar-refractivity contribution in [2.75, 3.05) is 11.9 Å². The first kappa shape index (κ1) is 15.6. The Hall–Kier alpha value is -2.80. The van der Waals surface area contributed by atoms with Crippen molar-refractivity contribution in [3.63, 3.8) is 0 Å². The number of carbonyl (C=O) groups is 1. The maximum Gasteiger partial charge on any atom is 0.228 e. The summed E-state index contributed by atoms with van der Waals surface area (Å²) in [6.07, 6.45) is 0.687. The minimum Gasteiger partial charge on any atom is -0.494 e. The van der Waals surface area contributed by atoms with Crippen molar-refractivity contribution in [2.24, 2.45) is 0 Å². The number of amides is 1. The summed E-state index contributed by atoms with van der Waals surface area (Å²) >= 11 is 0. The highest BCUT2D eigenvalue weighted by Gasteiger charge is 2.05. The third-order valence-corrected chi connectivity index (χ3v) is 3.12. The molecule has 0 aromatic heterocycles. The molecule has 0 spiro atoms. The summed E-state index contributed by atoms with van der Waals surface area (Å²) in [4.78, 5) is 12.0. The van der Waals surface area contributed by atoms with Crippen LogP contribution in [0.25, 0.3) is 0 Å². The molecule has 0 aliphatic carbocycles. The molecule has 2 aromatic carbocycles. The van der Waals surface area contributed by atoms with Gasteiger partial charge in [0.25, 0.3) is 0 Å². The van der Waals surface area contributed by atoms with Gasteiger partial charge in [0.1, 0.15) is 5.75 Å². The van der Waals surface area contributed by atoms with Gasteiger partial charge < -0.3 is 10.1 Å². The van der Waals surface area contributed by atoms with E-state index in [0.717, 1.165) is 22.6 Å². The number of hydrogen-bond donors (Lipinski definition) is 1. The first-order chi connectivity index (χ1) is 10.7. The molecule has 0 saturated heterocycles. The van der Waals surface area contributed by atoms with E-state index in [1.54, 1.807) is 0 Å². The Balaban J connectivity index is 1.90. The van der Waals surface area contributed by atoms with Crippen LogP contribution in [-0.4, -0.2) is 12.5 Å². The molecule has 0 atom stereocenters. The van der Waals surface area contributed by atoms with Gasteiger partial charge in [-0.2, -0.15) is 5.26 Å². The van der Waals surface area contributed by atoms with Crippen molar-refractivity contribution in [2.45, 2.75) is 19.8 Å². The number of benzene rings is 2. The Morgan fingerprint density at radius 1 is 1.09 bits per heavy atom. The van der Waals surface area contributed by atoms with E-state index in [1.807, 2.05) is 55.5 Å². The van der Waals surface area contributed by atoms with Crippen molar-refractivity contribution in [1.82, 2.24) is 0 Å². The monoisotopic (exact) mass is 294 g/mol. The van der Waals surface area contributed by atoms with Crippen LogP contribution in [0.3, 0.4) is 0 Å². The minimum absolute atomic E-state index is 0.0720. The van der Waals surface area contributed by atoms with Crippen LogP contribution in [0.1, 0.15) is 18.1 Å². The lowest BCUT2D eigenvalue weighted by atomic mass is 10.1. The normalized spacial score (nSPS) is 9.82. The van der Waals surface area contributed by atoms with E-state index in [9.17, 15) is 4.79 Å². The van der Waals surface area contributed by atoms with Crippen LogP contribution in [0.15, 0.2) is 48.5 Å². The molecule has 0 aliphatic rings. The van der Waals surface area contributed by atoms with Gasteiger partial charge in [0, 0.05) is 5.69 Å². The Kier molecular flexibility index (Phi) is 5.56. The second-order valence-corrected chi connectivity index (χ2v) is 4.83. The predicted molar refractivity (Wildman–Crippen MR) is 85.7 cm³/mol. The fourth-order valence-corrected chi connectivity index (χ4v) is 2.06. The lowest BCUT2D eigenvalue weighted by molar-refractivity contribution is -0.115. The molecule has 112 valence electrons. The number of ether oxygens (including phenoxy) is 1. The maximum atomic E-state index is 12.0. The van der Waals surface area contributed by atoms with Gasteiger partial charge in [0.15, 0.2) is 0 Å². The standard InChI is InChI=1S/C18H18N2O2/c1-2-22-17-9-5-15(6-10-17)13-18(21)20-16-7-3-14(4-8-16)11-12-19/h3-10H,2,11,13H2,1H3,(H,20,21). The smallest absolute Gasteiger partial charge is 0.228 e. The molecule has 2 rings (SSSR count). The van der Waals surface area contributed by atoms with Crippen molar-refractivity contribution in [3.8, 4) is 11.8 Å². The molecule has 1 amide bonds. The van der Waals surface area contributed by atoms with Gasteiger partial charge in [-0.15, -0.1) is 0 Å². The summed E-state index contributed by atoms with van der Waals surface area (Å²) in [6.45, 7) is 2.56. The SMILES string of the molecule is CCOc1ccc(CC(=O)Nc2ccc(CC#N)cc2)cc1. The highest BCUT2D eigenvalue weighted by atomic mass is 16.5. The Labute approximate surface area is 130 Å². The van der Waals surface area contributed by atoms with Gasteiger partial charge in [-0.05, 0) is 42.3 Å². The van der Waals surface area contributed by atoms with Gasteiger partial charge in [0.2, 0.25) is 5.91 Å². The second-order valence-electron chi connectivity index (χ2n) is 4.83. The molecule has 0 radical (unpaired) electrons. The predicted octanol–water partition coefficient (Wildman–Crippen LogP) is 3.33. The topological polar surface area (TPSA) is 62.1 Å². The van der Waals surface area contributed by atoms with Gasteiger partial charge >= 0.3 is 0 Å². The van der Waals surface area contributed by atoms with Crippen molar-refractivity contribution in [1.29, 1.82) is 5.26 Å². The summed E-state index contributed by atoms with van der Waals surface area (Å²) in [5, 5.41) is 11.5. The largest absolute Gasteiger partial charge is 0.494 e.